The van der Waals surface area contributed by atoms with Crippen molar-refractivity contribution in [3.63, 3.8) is 0 Å². The molecule has 2 aliphatic rings. The van der Waals surface area contributed by atoms with E-state index >= 15 is 0 Å². The van der Waals surface area contributed by atoms with Gasteiger partial charge in [-0.05, 0) is 56.1 Å². The lowest BCUT2D eigenvalue weighted by atomic mass is 9.84. The van der Waals surface area contributed by atoms with E-state index in [1.807, 2.05) is 30.3 Å². The average Bonchev–Trinajstić information content (AvgIpc) is 3.24. The van der Waals surface area contributed by atoms with Crippen molar-refractivity contribution in [2.45, 2.75) is 45.1 Å². The van der Waals surface area contributed by atoms with Crippen LogP contribution in [0.5, 0.6) is 5.75 Å². The Bertz CT molecular complexity index is 589. The van der Waals surface area contributed by atoms with E-state index in [1.165, 1.54) is 25.7 Å². The van der Waals surface area contributed by atoms with E-state index < -0.39 is 5.97 Å². The Morgan fingerprint density at radius 2 is 2.00 bits per heavy atom. The maximum atomic E-state index is 12.0. The molecule has 4 unspecified atom stereocenters. The molecular formula is C20H27NO4. The first-order valence-electron chi connectivity index (χ1n) is 9.24. The van der Waals surface area contributed by atoms with E-state index in [0.29, 0.717) is 11.7 Å². The number of fused-ring (bicyclic) bond motifs is 2. The van der Waals surface area contributed by atoms with Crippen molar-refractivity contribution < 1.29 is 19.1 Å². The number of rotatable bonds is 8. The summed E-state index contributed by atoms with van der Waals surface area (Å²) in [6.07, 6.45) is 5.32. The Morgan fingerprint density at radius 3 is 2.68 bits per heavy atom. The van der Waals surface area contributed by atoms with Gasteiger partial charge in [-0.1, -0.05) is 24.6 Å². The minimum atomic E-state index is -0.418. The van der Waals surface area contributed by atoms with Gasteiger partial charge >= 0.3 is 5.97 Å². The third-order valence-electron chi connectivity index (χ3n) is 5.51. The molecule has 0 aromatic heterocycles. The number of carbonyl (C=O) groups excluding carboxylic acids is 2. The maximum absolute atomic E-state index is 12.0. The maximum Gasteiger partial charge on any atom is 0.309 e. The molecule has 0 radical (unpaired) electrons. The van der Waals surface area contributed by atoms with Crippen LogP contribution in [-0.4, -0.2) is 31.1 Å². The quantitative estimate of drug-likeness (QED) is 0.736. The zero-order chi connectivity index (χ0) is 17.6. The lowest BCUT2D eigenvalue weighted by Gasteiger charge is -2.28. The molecule has 2 fully saturated rings. The van der Waals surface area contributed by atoms with Gasteiger partial charge < -0.3 is 14.8 Å². The van der Waals surface area contributed by atoms with E-state index in [1.54, 1.807) is 0 Å². The molecule has 5 nitrogen and oxygen atoms in total. The fourth-order valence-corrected chi connectivity index (χ4v) is 4.30. The number of carbonyl (C=O) groups is 2. The summed E-state index contributed by atoms with van der Waals surface area (Å²) in [5.41, 5.74) is 0. The first kappa shape index (κ1) is 17.8. The van der Waals surface area contributed by atoms with E-state index in [9.17, 15) is 9.59 Å². The summed E-state index contributed by atoms with van der Waals surface area (Å²) in [4.78, 5) is 23.7. The molecule has 2 aliphatic carbocycles. The number of hydrogen-bond donors (Lipinski definition) is 1. The topological polar surface area (TPSA) is 64.6 Å². The number of hydrogen-bond acceptors (Lipinski definition) is 4. The monoisotopic (exact) mass is 345 g/mol. The second-order valence-electron chi connectivity index (χ2n) is 7.27. The van der Waals surface area contributed by atoms with Gasteiger partial charge in [-0.25, -0.2) is 0 Å². The number of esters is 1. The zero-order valence-electron chi connectivity index (χ0n) is 14.8. The highest BCUT2D eigenvalue weighted by Crippen LogP contribution is 2.49. The van der Waals surface area contributed by atoms with Gasteiger partial charge in [-0.2, -0.15) is 0 Å². The Balaban J connectivity index is 1.30. The van der Waals surface area contributed by atoms with Crippen molar-refractivity contribution in [2.24, 2.45) is 17.8 Å². The van der Waals surface area contributed by atoms with Crippen LogP contribution < -0.4 is 10.1 Å². The van der Waals surface area contributed by atoms with Crippen LogP contribution in [0.4, 0.5) is 0 Å². The second kappa shape index (κ2) is 8.37. The van der Waals surface area contributed by atoms with E-state index in [2.05, 4.69) is 12.2 Å². The van der Waals surface area contributed by atoms with Crippen molar-refractivity contribution in [1.29, 1.82) is 0 Å². The van der Waals surface area contributed by atoms with Crippen molar-refractivity contribution in [1.82, 2.24) is 5.32 Å². The van der Waals surface area contributed by atoms with Crippen molar-refractivity contribution >= 4 is 11.9 Å². The van der Waals surface area contributed by atoms with Crippen LogP contribution in [-0.2, 0) is 14.3 Å². The van der Waals surface area contributed by atoms with Gasteiger partial charge in [-0.3, -0.25) is 9.59 Å². The zero-order valence-corrected chi connectivity index (χ0v) is 14.8. The molecule has 1 amide bonds. The fraction of sp³-hybridized carbons (Fsp3) is 0.600. The van der Waals surface area contributed by atoms with Crippen LogP contribution in [0.25, 0.3) is 0 Å². The summed E-state index contributed by atoms with van der Waals surface area (Å²) in [5, 5.41) is 3.00. The highest BCUT2D eigenvalue weighted by atomic mass is 16.5. The van der Waals surface area contributed by atoms with Crippen LogP contribution in [0.2, 0.25) is 0 Å². The molecule has 25 heavy (non-hydrogen) atoms. The fourth-order valence-electron chi connectivity index (χ4n) is 4.30. The van der Waals surface area contributed by atoms with Gasteiger partial charge in [-0.15, -0.1) is 0 Å². The second-order valence-corrected chi connectivity index (χ2v) is 7.27. The molecule has 4 atom stereocenters. The van der Waals surface area contributed by atoms with Crippen LogP contribution in [0, 0.1) is 17.8 Å². The van der Waals surface area contributed by atoms with Crippen LogP contribution >= 0.6 is 0 Å². The van der Waals surface area contributed by atoms with Gasteiger partial charge in [0.25, 0.3) is 5.91 Å². The first-order chi connectivity index (χ1) is 12.1. The van der Waals surface area contributed by atoms with E-state index in [-0.39, 0.29) is 31.6 Å². The van der Waals surface area contributed by atoms with Crippen molar-refractivity contribution in [3.8, 4) is 5.75 Å². The predicted octanol–water partition coefficient (Wildman–Crippen LogP) is 2.94. The van der Waals surface area contributed by atoms with Crippen molar-refractivity contribution in [3.05, 3.63) is 30.3 Å². The first-order valence-corrected chi connectivity index (χ1v) is 9.24. The number of ether oxygens (including phenoxy) is 2. The Labute approximate surface area is 149 Å². The lowest BCUT2D eigenvalue weighted by molar-refractivity contribution is -0.149. The summed E-state index contributed by atoms with van der Waals surface area (Å²) >= 11 is 0. The van der Waals surface area contributed by atoms with Crippen LogP contribution in [0.3, 0.4) is 0 Å². The summed E-state index contributed by atoms with van der Waals surface area (Å²) in [5.74, 6) is 2.28. The molecule has 0 heterocycles. The third kappa shape index (κ3) is 4.97. The molecule has 3 rings (SSSR count). The molecule has 2 bridgehead atoms. The number of amides is 1. The Morgan fingerprint density at radius 1 is 1.20 bits per heavy atom. The van der Waals surface area contributed by atoms with Gasteiger partial charge in [0, 0.05) is 6.04 Å². The number of para-hydroxylation sites is 1. The molecule has 5 heteroatoms. The minimum absolute atomic E-state index is 0.129. The average molecular weight is 345 g/mol. The van der Waals surface area contributed by atoms with Gasteiger partial charge in [0.05, 0.1) is 13.0 Å². The SMILES string of the molecule is CC(NC(=O)COC(=O)CCOc1ccccc1)C1CC2CCC1C2. The molecule has 2 saturated carbocycles. The highest BCUT2D eigenvalue weighted by molar-refractivity contribution is 5.80. The smallest absolute Gasteiger partial charge is 0.309 e. The molecule has 1 aromatic rings. The molecular weight excluding hydrogens is 318 g/mol. The van der Waals surface area contributed by atoms with E-state index in [4.69, 9.17) is 9.47 Å². The molecule has 136 valence electrons. The van der Waals surface area contributed by atoms with Gasteiger partial charge in [0.15, 0.2) is 6.61 Å². The lowest BCUT2D eigenvalue weighted by Crippen LogP contribution is -2.42. The number of benzene rings is 1. The Kier molecular flexibility index (Phi) is 5.95. The highest BCUT2D eigenvalue weighted by Gasteiger charge is 2.42. The molecule has 0 saturated heterocycles. The largest absolute Gasteiger partial charge is 0.493 e. The summed E-state index contributed by atoms with van der Waals surface area (Å²) in [6.45, 7) is 2.10. The minimum Gasteiger partial charge on any atom is -0.493 e. The standard InChI is InChI=1S/C20H27NO4/c1-14(18-12-15-7-8-16(18)11-15)21-19(22)13-25-20(23)9-10-24-17-5-3-2-4-6-17/h2-6,14-16,18H,7-13H2,1H3,(H,21,22). The van der Waals surface area contributed by atoms with Crippen LogP contribution in [0.1, 0.15) is 39.0 Å². The molecule has 1 N–H and O–H groups in total. The summed E-state index contributed by atoms with van der Waals surface area (Å²) in [7, 11) is 0. The number of nitrogens with one attached hydrogen (secondary N) is 1. The molecule has 0 spiro atoms. The van der Waals surface area contributed by atoms with Gasteiger partial charge in [0.2, 0.25) is 0 Å². The Hall–Kier alpha value is -2.04. The predicted molar refractivity (Wildman–Crippen MR) is 94.1 cm³/mol. The van der Waals surface area contributed by atoms with Crippen LogP contribution in [0.15, 0.2) is 30.3 Å². The normalized spacial score (nSPS) is 25.4. The van der Waals surface area contributed by atoms with E-state index in [0.717, 1.165) is 11.8 Å². The van der Waals surface area contributed by atoms with Crippen molar-refractivity contribution in [2.75, 3.05) is 13.2 Å². The molecule has 1 aromatic carbocycles. The third-order valence-corrected chi connectivity index (χ3v) is 5.51. The summed E-state index contributed by atoms with van der Waals surface area (Å²) in [6, 6.07) is 9.45. The molecule has 0 aliphatic heterocycles. The summed E-state index contributed by atoms with van der Waals surface area (Å²) < 4.78 is 10.5. The van der Waals surface area contributed by atoms with Gasteiger partial charge in [0.1, 0.15) is 5.75 Å².